The molecule has 1 aliphatic carbocycles. The quantitative estimate of drug-likeness (QED) is 0.913. The molecule has 4 nitrogen and oxygen atoms in total. The molecular weight excluding hydrogens is 236 g/mol. The highest BCUT2D eigenvalue weighted by Crippen LogP contribution is 2.33. The number of nitrogens with zero attached hydrogens (tertiary/aromatic N) is 3. The lowest BCUT2D eigenvalue weighted by molar-refractivity contribution is 0.529. The van der Waals surface area contributed by atoms with Gasteiger partial charge in [-0.15, -0.1) is 5.10 Å². The predicted octanol–water partition coefficient (Wildman–Crippen LogP) is 2.47. The van der Waals surface area contributed by atoms with E-state index >= 15 is 0 Å². The van der Waals surface area contributed by atoms with Crippen LogP contribution in [0.5, 0.6) is 0 Å². The van der Waals surface area contributed by atoms with E-state index in [2.05, 4.69) is 40.8 Å². The summed E-state index contributed by atoms with van der Waals surface area (Å²) in [6, 6.07) is 7.28. The van der Waals surface area contributed by atoms with Crippen LogP contribution in [0.3, 0.4) is 0 Å². The van der Waals surface area contributed by atoms with Crippen LogP contribution < -0.4 is 5.32 Å². The molecule has 19 heavy (non-hydrogen) atoms. The monoisotopic (exact) mass is 256 g/mol. The SMILES string of the molecule is CCCNC1CCc2cc(-c3cnnn3C)ccc21. The standard InChI is InChI=1S/C15H20N4/c1-3-8-16-14-7-5-11-9-12(4-6-13(11)14)15-10-17-18-19(15)2/h4,6,9-10,14,16H,3,5,7-8H2,1-2H3. The van der Waals surface area contributed by atoms with Gasteiger partial charge in [0.25, 0.3) is 0 Å². The van der Waals surface area contributed by atoms with E-state index in [9.17, 15) is 0 Å². The summed E-state index contributed by atoms with van der Waals surface area (Å²) in [7, 11) is 1.93. The second-order valence-corrected chi connectivity index (χ2v) is 5.20. The lowest BCUT2D eigenvalue weighted by Gasteiger charge is -2.13. The molecule has 0 aliphatic heterocycles. The molecule has 0 bridgehead atoms. The van der Waals surface area contributed by atoms with Gasteiger partial charge < -0.3 is 5.32 Å². The van der Waals surface area contributed by atoms with Crippen molar-refractivity contribution in [2.24, 2.45) is 7.05 Å². The van der Waals surface area contributed by atoms with Crippen LogP contribution in [0.15, 0.2) is 24.4 Å². The lowest BCUT2D eigenvalue weighted by atomic mass is 10.0. The average molecular weight is 256 g/mol. The van der Waals surface area contributed by atoms with E-state index < -0.39 is 0 Å². The van der Waals surface area contributed by atoms with Crippen LogP contribution in [0.25, 0.3) is 11.3 Å². The van der Waals surface area contributed by atoms with Crippen molar-refractivity contribution < 1.29 is 0 Å². The van der Waals surface area contributed by atoms with Crippen LogP contribution in [0, 0.1) is 0 Å². The fourth-order valence-corrected chi connectivity index (χ4v) is 2.86. The van der Waals surface area contributed by atoms with Crippen LogP contribution in [0.4, 0.5) is 0 Å². The van der Waals surface area contributed by atoms with Gasteiger partial charge in [0, 0.05) is 18.7 Å². The van der Waals surface area contributed by atoms with Crippen LogP contribution in [0.1, 0.15) is 36.9 Å². The number of rotatable bonds is 4. The van der Waals surface area contributed by atoms with Crippen molar-refractivity contribution in [2.45, 2.75) is 32.2 Å². The summed E-state index contributed by atoms with van der Waals surface area (Å²) < 4.78 is 1.82. The van der Waals surface area contributed by atoms with Gasteiger partial charge in [-0.2, -0.15) is 0 Å². The van der Waals surface area contributed by atoms with Crippen LogP contribution in [-0.4, -0.2) is 21.5 Å². The molecule has 100 valence electrons. The predicted molar refractivity (Wildman–Crippen MR) is 75.8 cm³/mol. The minimum atomic E-state index is 0.536. The van der Waals surface area contributed by atoms with Crippen molar-refractivity contribution in [3.8, 4) is 11.3 Å². The normalized spacial score (nSPS) is 17.7. The van der Waals surface area contributed by atoms with Gasteiger partial charge in [0.1, 0.15) is 0 Å². The van der Waals surface area contributed by atoms with Gasteiger partial charge in [0.05, 0.1) is 11.9 Å². The summed E-state index contributed by atoms with van der Waals surface area (Å²) in [5, 5.41) is 11.6. The van der Waals surface area contributed by atoms with Gasteiger partial charge >= 0.3 is 0 Å². The highest BCUT2D eigenvalue weighted by atomic mass is 15.4. The number of nitrogens with one attached hydrogen (secondary N) is 1. The molecule has 0 amide bonds. The molecule has 1 aromatic carbocycles. The highest BCUT2D eigenvalue weighted by Gasteiger charge is 2.22. The second kappa shape index (κ2) is 5.13. The third kappa shape index (κ3) is 2.28. The third-order valence-electron chi connectivity index (χ3n) is 3.87. The molecule has 4 heteroatoms. The van der Waals surface area contributed by atoms with Crippen LogP contribution in [0.2, 0.25) is 0 Å². The Morgan fingerprint density at radius 3 is 3.05 bits per heavy atom. The zero-order chi connectivity index (χ0) is 13.2. The first-order chi connectivity index (χ1) is 9.29. The molecule has 1 N–H and O–H groups in total. The largest absolute Gasteiger partial charge is 0.310 e. The van der Waals surface area contributed by atoms with Gasteiger partial charge in [0.2, 0.25) is 0 Å². The molecule has 0 fully saturated rings. The Morgan fingerprint density at radius 2 is 2.32 bits per heavy atom. The van der Waals surface area contributed by atoms with E-state index in [4.69, 9.17) is 0 Å². The van der Waals surface area contributed by atoms with Gasteiger partial charge in [0.15, 0.2) is 0 Å². The molecule has 0 saturated carbocycles. The summed E-state index contributed by atoms with van der Waals surface area (Å²) in [4.78, 5) is 0. The van der Waals surface area contributed by atoms with E-state index in [-0.39, 0.29) is 0 Å². The molecule has 1 heterocycles. The first-order valence-electron chi connectivity index (χ1n) is 7.01. The van der Waals surface area contributed by atoms with Crippen molar-refractivity contribution in [2.75, 3.05) is 6.54 Å². The first kappa shape index (κ1) is 12.4. The minimum absolute atomic E-state index is 0.536. The molecule has 1 atom stereocenters. The Kier molecular flexibility index (Phi) is 3.34. The smallest absolute Gasteiger partial charge is 0.0882 e. The molecule has 3 rings (SSSR count). The van der Waals surface area contributed by atoms with Gasteiger partial charge in [-0.3, -0.25) is 0 Å². The molecule has 1 aromatic heterocycles. The lowest BCUT2D eigenvalue weighted by Crippen LogP contribution is -2.19. The number of aryl methyl sites for hydroxylation is 2. The highest BCUT2D eigenvalue weighted by molar-refractivity contribution is 5.61. The molecule has 0 radical (unpaired) electrons. The molecule has 1 aliphatic rings. The Balaban J connectivity index is 1.88. The van der Waals surface area contributed by atoms with Crippen LogP contribution >= 0.6 is 0 Å². The van der Waals surface area contributed by atoms with Crippen molar-refractivity contribution in [3.05, 3.63) is 35.5 Å². The maximum atomic E-state index is 4.00. The van der Waals surface area contributed by atoms with E-state index in [0.29, 0.717) is 6.04 Å². The van der Waals surface area contributed by atoms with Gasteiger partial charge in [-0.1, -0.05) is 24.3 Å². The average Bonchev–Trinajstić information content (AvgIpc) is 3.02. The van der Waals surface area contributed by atoms with E-state index in [1.54, 1.807) is 0 Å². The summed E-state index contributed by atoms with van der Waals surface area (Å²) in [6.07, 6.45) is 5.38. The minimum Gasteiger partial charge on any atom is -0.310 e. The van der Waals surface area contributed by atoms with Crippen molar-refractivity contribution in [1.82, 2.24) is 20.3 Å². The number of hydrogen-bond acceptors (Lipinski definition) is 3. The fourth-order valence-electron chi connectivity index (χ4n) is 2.86. The van der Waals surface area contributed by atoms with Crippen molar-refractivity contribution >= 4 is 0 Å². The molecular formula is C15H20N4. The summed E-state index contributed by atoms with van der Waals surface area (Å²) in [5.41, 5.74) is 5.22. The maximum Gasteiger partial charge on any atom is 0.0882 e. The van der Waals surface area contributed by atoms with Crippen molar-refractivity contribution in [1.29, 1.82) is 0 Å². The Hall–Kier alpha value is -1.68. The van der Waals surface area contributed by atoms with E-state index in [1.165, 1.54) is 29.5 Å². The van der Waals surface area contributed by atoms with Gasteiger partial charge in [-0.25, -0.2) is 4.68 Å². The van der Waals surface area contributed by atoms with E-state index in [1.807, 2.05) is 17.9 Å². The maximum absolute atomic E-state index is 4.00. The molecule has 1 unspecified atom stereocenters. The first-order valence-corrected chi connectivity index (χ1v) is 7.01. The zero-order valence-electron chi connectivity index (χ0n) is 11.6. The fraction of sp³-hybridized carbons (Fsp3) is 0.467. The van der Waals surface area contributed by atoms with Crippen molar-refractivity contribution in [3.63, 3.8) is 0 Å². The topological polar surface area (TPSA) is 42.7 Å². The summed E-state index contributed by atoms with van der Waals surface area (Å²) in [5.74, 6) is 0. The molecule has 0 saturated heterocycles. The Bertz CT molecular complexity index is 573. The van der Waals surface area contributed by atoms with Gasteiger partial charge in [-0.05, 0) is 43.0 Å². The number of fused-ring (bicyclic) bond motifs is 1. The Labute approximate surface area is 113 Å². The number of benzene rings is 1. The number of aromatic nitrogens is 3. The summed E-state index contributed by atoms with van der Waals surface area (Å²) in [6.45, 7) is 3.30. The molecule has 0 spiro atoms. The van der Waals surface area contributed by atoms with Crippen LogP contribution in [-0.2, 0) is 13.5 Å². The number of hydrogen-bond donors (Lipinski definition) is 1. The second-order valence-electron chi connectivity index (χ2n) is 5.20. The van der Waals surface area contributed by atoms with E-state index in [0.717, 1.165) is 18.7 Å². The third-order valence-corrected chi connectivity index (χ3v) is 3.87. The zero-order valence-corrected chi connectivity index (χ0v) is 11.6. The Morgan fingerprint density at radius 1 is 1.42 bits per heavy atom. The molecule has 2 aromatic rings. The summed E-state index contributed by atoms with van der Waals surface area (Å²) >= 11 is 0.